The number of esters is 1. The van der Waals surface area contributed by atoms with E-state index in [-0.39, 0.29) is 11.9 Å². The molecule has 0 heterocycles. The molecule has 1 saturated carbocycles. The predicted octanol–water partition coefficient (Wildman–Crippen LogP) is 3.09. The molecular weight excluding hydrogens is 226 g/mol. The van der Waals surface area contributed by atoms with Crippen LogP contribution in [0.5, 0.6) is 0 Å². The molecule has 0 aliphatic heterocycles. The molecule has 0 aromatic carbocycles. The summed E-state index contributed by atoms with van der Waals surface area (Å²) >= 11 is 0. The van der Waals surface area contributed by atoms with E-state index in [0.29, 0.717) is 11.5 Å². The molecule has 0 bridgehead atoms. The van der Waals surface area contributed by atoms with Crippen molar-refractivity contribution in [2.45, 2.75) is 58.9 Å². The van der Waals surface area contributed by atoms with Gasteiger partial charge >= 0.3 is 5.97 Å². The Morgan fingerprint density at radius 2 is 1.78 bits per heavy atom. The SMILES string of the molecule is COC(=O)C1CCC(N(C)CCC(C)(C)C)CC1. The second kappa shape index (κ2) is 6.55. The number of rotatable bonds is 4. The van der Waals surface area contributed by atoms with E-state index in [2.05, 4.69) is 32.7 Å². The Balaban J connectivity index is 2.31. The van der Waals surface area contributed by atoms with Crippen LogP contribution >= 0.6 is 0 Å². The summed E-state index contributed by atoms with van der Waals surface area (Å²) in [4.78, 5) is 13.9. The zero-order valence-electron chi connectivity index (χ0n) is 12.7. The molecule has 0 spiro atoms. The monoisotopic (exact) mass is 255 g/mol. The molecule has 3 heteroatoms. The first-order valence-corrected chi connectivity index (χ1v) is 7.11. The first-order chi connectivity index (χ1) is 8.33. The maximum absolute atomic E-state index is 11.5. The standard InChI is InChI=1S/C15H29NO2/c1-15(2,3)10-11-16(4)13-8-6-12(7-9-13)14(17)18-5/h12-13H,6-11H2,1-5H3. The minimum atomic E-state index is -0.0224. The molecule has 0 unspecified atom stereocenters. The Hall–Kier alpha value is -0.570. The van der Waals surface area contributed by atoms with Gasteiger partial charge in [-0.1, -0.05) is 20.8 Å². The van der Waals surface area contributed by atoms with Crippen LogP contribution in [0.3, 0.4) is 0 Å². The van der Waals surface area contributed by atoms with Crippen LogP contribution in [-0.2, 0) is 9.53 Å². The van der Waals surface area contributed by atoms with Gasteiger partial charge in [0.15, 0.2) is 0 Å². The Morgan fingerprint density at radius 3 is 2.22 bits per heavy atom. The minimum absolute atomic E-state index is 0.0224. The zero-order chi connectivity index (χ0) is 13.8. The van der Waals surface area contributed by atoms with E-state index < -0.39 is 0 Å². The van der Waals surface area contributed by atoms with Crippen LogP contribution in [0.2, 0.25) is 0 Å². The molecule has 1 rings (SSSR count). The molecule has 0 aromatic heterocycles. The van der Waals surface area contributed by atoms with E-state index in [4.69, 9.17) is 4.74 Å². The van der Waals surface area contributed by atoms with Gasteiger partial charge in [0.2, 0.25) is 0 Å². The number of carbonyl (C=O) groups excluding carboxylic acids is 1. The second-order valence-corrected chi connectivity index (χ2v) is 6.82. The quantitative estimate of drug-likeness (QED) is 0.723. The third kappa shape index (κ3) is 4.97. The van der Waals surface area contributed by atoms with Crippen molar-refractivity contribution < 1.29 is 9.53 Å². The van der Waals surface area contributed by atoms with Crippen molar-refractivity contribution in [2.75, 3.05) is 20.7 Å². The highest BCUT2D eigenvalue weighted by molar-refractivity contribution is 5.72. The average Bonchev–Trinajstić information content (AvgIpc) is 2.34. The van der Waals surface area contributed by atoms with Crippen molar-refractivity contribution >= 4 is 5.97 Å². The van der Waals surface area contributed by atoms with E-state index in [1.807, 2.05) is 0 Å². The topological polar surface area (TPSA) is 29.5 Å². The van der Waals surface area contributed by atoms with Crippen LogP contribution in [0.15, 0.2) is 0 Å². The Bertz CT molecular complexity index is 262. The van der Waals surface area contributed by atoms with E-state index in [9.17, 15) is 4.79 Å². The maximum atomic E-state index is 11.5. The predicted molar refractivity (Wildman–Crippen MR) is 74.5 cm³/mol. The molecule has 1 aliphatic rings. The molecule has 0 saturated heterocycles. The normalized spacial score (nSPS) is 25.2. The van der Waals surface area contributed by atoms with Gasteiger partial charge in [-0.2, -0.15) is 0 Å². The lowest BCUT2D eigenvalue weighted by Gasteiger charge is -2.35. The van der Waals surface area contributed by atoms with E-state index in [1.54, 1.807) is 0 Å². The molecule has 0 radical (unpaired) electrons. The Labute approximate surface area is 112 Å². The van der Waals surface area contributed by atoms with Gasteiger partial charge in [-0.05, 0) is 51.1 Å². The van der Waals surface area contributed by atoms with Gasteiger partial charge in [0.1, 0.15) is 0 Å². The Kier molecular flexibility index (Phi) is 5.64. The summed E-state index contributed by atoms with van der Waals surface area (Å²) in [6, 6.07) is 0.647. The molecule has 3 nitrogen and oxygen atoms in total. The third-order valence-corrected chi connectivity index (χ3v) is 4.07. The smallest absolute Gasteiger partial charge is 0.308 e. The van der Waals surface area contributed by atoms with Crippen LogP contribution in [0.1, 0.15) is 52.9 Å². The lowest BCUT2D eigenvalue weighted by molar-refractivity contribution is -0.146. The van der Waals surface area contributed by atoms with E-state index in [0.717, 1.165) is 32.2 Å². The van der Waals surface area contributed by atoms with Gasteiger partial charge in [0, 0.05) is 6.04 Å². The van der Waals surface area contributed by atoms with Crippen LogP contribution in [0.4, 0.5) is 0 Å². The number of hydrogen-bond acceptors (Lipinski definition) is 3. The largest absolute Gasteiger partial charge is 0.469 e. The summed E-state index contributed by atoms with van der Waals surface area (Å²) in [5, 5.41) is 0. The first-order valence-electron chi connectivity index (χ1n) is 7.11. The molecule has 0 N–H and O–H groups in total. The van der Waals surface area contributed by atoms with Gasteiger partial charge in [-0.15, -0.1) is 0 Å². The highest BCUT2D eigenvalue weighted by atomic mass is 16.5. The summed E-state index contributed by atoms with van der Waals surface area (Å²) in [5.74, 6) is 0.119. The lowest BCUT2D eigenvalue weighted by Crippen LogP contribution is -2.38. The first kappa shape index (κ1) is 15.5. The van der Waals surface area contributed by atoms with Crippen LogP contribution in [-0.4, -0.2) is 37.6 Å². The van der Waals surface area contributed by atoms with E-state index in [1.165, 1.54) is 13.5 Å². The fourth-order valence-corrected chi connectivity index (χ4v) is 2.61. The van der Waals surface area contributed by atoms with Gasteiger partial charge in [-0.3, -0.25) is 4.79 Å². The maximum Gasteiger partial charge on any atom is 0.308 e. The molecule has 1 aliphatic carbocycles. The van der Waals surface area contributed by atoms with Crippen LogP contribution in [0, 0.1) is 11.3 Å². The number of ether oxygens (including phenoxy) is 1. The minimum Gasteiger partial charge on any atom is -0.469 e. The summed E-state index contributed by atoms with van der Waals surface area (Å²) in [5.41, 5.74) is 0.400. The zero-order valence-corrected chi connectivity index (χ0v) is 12.7. The van der Waals surface area contributed by atoms with Crippen molar-refractivity contribution in [3.63, 3.8) is 0 Å². The average molecular weight is 255 g/mol. The third-order valence-electron chi connectivity index (χ3n) is 4.07. The van der Waals surface area contributed by atoms with Gasteiger partial charge < -0.3 is 9.64 Å². The number of methoxy groups -OCH3 is 1. The van der Waals surface area contributed by atoms with Gasteiger partial charge in [-0.25, -0.2) is 0 Å². The van der Waals surface area contributed by atoms with Crippen molar-refractivity contribution in [1.82, 2.24) is 4.90 Å². The highest BCUT2D eigenvalue weighted by Gasteiger charge is 2.28. The summed E-state index contributed by atoms with van der Waals surface area (Å²) in [6.07, 6.45) is 5.44. The van der Waals surface area contributed by atoms with Crippen LogP contribution in [0.25, 0.3) is 0 Å². The van der Waals surface area contributed by atoms with Gasteiger partial charge in [0.05, 0.1) is 13.0 Å². The number of hydrogen-bond donors (Lipinski definition) is 0. The molecule has 0 aromatic rings. The fourth-order valence-electron chi connectivity index (χ4n) is 2.61. The van der Waals surface area contributed by atoms with Gasteiger partial charge in [0.25, 0.3) is 0 Å². The Morgan fingerprint density at radius 1 is 1.22 bits per heavy atom. The summed E-state index contributed by atoms with van der Waals surface area (Å²) in [7, 11) is 3.71. The summed E-state index contributed by atoms with van der Waals surface area (Å²) in [6.45, 7) is 8.01. The second-order valence-electron chi connectivity index (χ2n) is 6.82. The van der Waals surface area contributed by atoms with E-state index >= 15 is 0 Å². The number of nitrogens with zero attached hydrogens (tertiary/aromatic N) is 1. The molecule has 0 atom stereocenters. The molecule has 0 amide bonds. The molecule has 18 heavy (non-hydrogen) atoms. The van der Waals surface area contributed by atoms with Crippen molar-refractivity contribution in [3.05, 3.63) is 0 Å². The fraction of sp³-hybridized carbons (Fsp3) is 0.933. The summed E-state index contributed by atoms with van der Waals surface area (Å²) < 4.78 is 4.83. The molecule has 106 valence electrons. The van der Waals surface area contributed by atoms with Crippen molar-refractivity contribution in [3.8, 4) is 0 Å². The van der Waals surface area contributed by atoms with Crippen molar-refractivity contribution in [1.29, 1.82) is 0 Å². The van der Waals surface area contributed by atoms with Crippen molar-refractivity contribution in [2.24, 2.45) is 11.3 Å². The van der Waals surface area contributed by atoms with Crippen LogP contribution < -0.4 is 0 Å². The molecular formula is C15H29NO2. The number of carbonyl (C=O) groups is 1. The highest BCUT2D eigenvalue weighted by Crippen LogP contribution is 2.29. The molecule has 1 fully saturated rings. The lowest BCUT2D eigenvalue weighted by atomic mass is 9.85.